The molecule has 1 saturated heterocycles. The van der Waals surface area contributed by atoms with E-state index in [4.69, 9.17) is 0 Å². The molecule has 1 aromatic carbocycles. The maximum Gasteiger partial charge on any atom is 0.305 e. The van der Waals surface area contributed by atoms with Crippen molar-refractivity contribution in [1.82, 2.24) is 15.1 Å². The number of carboxylic acids is 1. The van der Waals surface area contributed by atoms with E-state index in [0.29, 0.717) is 42.7 Å². The van der Waals surface area contributed by atoms with E-state index in [0.717, 1.165) is 44.3 Å². The Morgan fingerprint density at radius 3 is 2.50 bits per heavy atom. The molecule has 1 saturated carbocycles. The maximum absolute atomic E-state index is 13.3. The highest BCUT2D eigenvalue weighted by Crippen LogP contribution is 2.29. The van der Waals surface area contributed by atoms with Gasteiger partial charge in [0.1, 0.15) is 6.04 Å². The second kappa shape index (κ2) is 12.6. The molecular formula is C28H42N4O4. The van der Waals surface area contributed by atoms with Crippen molar-refractivity contribution in [1.29, 1.82) is 0 Å². The number of carbonyl (C=O) groups excluding carboxylic acids is 2. The van der Waals surface area contributed by atoms with Gasteiger partial charge in [-0.25, -0.2) is 0 Å². The third kappa shape index (κ3) is 6.99. The Hall–Kier alpha value is -2.61. The number of aliphatic carboxylic acids is 1. The maximum atomic E-state index is 13.3. The Morgan fingerprint density at radius 2 is 1.78 bits per heavy atom. The van der Waals surface area contributed by atoms with Crippen LogP contribution >= 0.6 is 0 Å². The highest BCUT2D eigenvalue weighted by atomic mass is 16.4. The quantitative estimate of drug-likeness (QED) is 0.480. The van der Waals surface area contributed by atoms with E-state index in [9.17, 15) is 19.5 Å². The molecule has 0 unspecified atom stereocenters. The van der Waals surface area contributed by atoms with Crippen molar-refractivity contribution in [2.75, 3.05) is 38.5 Å². The molecule has 0 spiro atoms. The molecule has 36 heavy (non-hydrogen) atoms. The highest BCUT2D eigenvalue weighted by molar-refractivity contribution is 5.96. The molecule has 8 heteroatoms. The van der Waals surface area contributed by atoms with Gasteiger partial charge in [-0.3, -0.25) is 14.4 Å². The normalized spacial score (nSPS) is 21.4. The molecule has 0 radical (unpaired) electrons. The first-order valence-electron chi connectivity index (χ1n) is 13.8. The monoisotopic (exact) mass is 498 g/mol. The molecule has 2 amide bonds. The number of fused-ring (bicyclic) bond motifs is 1. The Labute approximate surface area is 214 Å². The van der Waals surface area contributed by atoms with Gasteiger partial charge in [-0.1, -0.05) is 38.2 Å². The fourth-order valence-corrected chi connectivity index (χ4v) is 5.92. The molecule has 198 valence electrons. The van der Waals surface area contributed by atoms with Gasteiger partial charge in [0.05, 0.1) is 6.42 Å². The summed E-state index contributed by atoms with van der Waals surface area (Å²) in [6.45, 7) is 3.88. The van der Waals surface area contributed by atoms with Crippen LogP contribution in [0.3, 0.4) is 0 Å². The van der Waals surface area contributed by atoms with E-state index >= 15 is 0 Å². The number of benzene rings is 1. The molecular weight excluding hydrogens is 456 g/mol. The van der Waals surface area contributed by atoms with Crippen molar-refractivity contribution in [3.05, 3.63) is 29.3 Å². The van der Waals surface area contributed by atoms with Crippen molar-refractivity contribution < 1.29 is 19.5 Å². The van der Waals surface area contributed by atoms with E-state index in [1.807, 2.05) is 24.1 Å². The zero-order valence-corrected chi connectivity index (χ0v) is 21.6. The molecule has 3 N–H and O–H groups in total. The molecule has 2 fully saturated rings. The summed E-state index contributed by atoms with van der Waals surface area (Å²) in [5.74, 6) is 0.0592. The highest BCUT2D eigenvalue weighted by Gasteiger charge is 2.32. The molecule has 1 atom stereocenters. The second-order valence-electron chi connectivity index (χ2n) is 10.9. The molecule has 0 bridgehead atoms. The Balaban J connectivity index is 1.45. The minimum atomic E-state index is -1.01. The summed E-state index contributed by atoms with van der Waals surface area (Å²) < 4.78 is 0. The van der Waals surface area contributed by atoms with Gasteiger partial charge in [0.15, 0.2) is 0 Å². The van der Waals surface area contributed by atoms with Crippen molar-refractivity contribution in [3.63, 3.8) is 0 Å². The lowest BCUT2D eigenvalue weighted by molar-refractivity contribution is -0.141. The van der Waals surface area contributed by atoms with E-state index in [2.05, 4.69) is 10.6 Å². The third-order valence-electron chi connectivity index (χ3n) is 8.25. The van der Waals surface area contributed by atoms with Gasteiger partial charge < -0.3 is 25.5 Å². The number of anilines is 1. The average Bonchev–Trinajstić information content (AvgIpc) is 3.02. The Kier molecular flexibility index (Phi) is 9.24. The van der Waals surface area contributed by atoms with Gasteiger partial charge in [0.2, 0.25) is 5.91 Å². The van der Waals surface area contributed by atoms with Crippen LogP contribution < -0.4 is 10.6 Å². The van der Waals surface area contributed by atoms with Gasteiger partial charge in [-0.05, 0) is 68.3 Å². The fraction of sp³-hybridized carbons (Fsp3) is 0.679. The molecule has 0 aromatic heterocycles. The topological polar surface area (TPSA) is 102 Å². The molecule has 1 aromatic rings. The number of amides is 2. The van der Waals surface area contributed by atoms with Crippen LogP contribution in [0, 0.1) is 11.8 Å². The number of hydrogen-bond acceptors (Lipinski definition) is 5. The average molecular weight is 499 g/mol. The van der Waals surface area contributed by atoms with Crippen LogP contribution in [0.25, 0.3) is 0 Å². The van der Waals surface area contributed by atoms with Crippen LogP contribution in [0.2, 0.25) is 0 Å². The largest absolute Gasteiger partial charge is 0.481 e. The van der Waals surface area contributed by atoms with E-state index in [1.54, 1.807) is 11.0 Å². The van der Waals surface area contributed by atoms with Crippen molar-refractivity contribution in [2.45, 2.75) is 76.8 Å². The predicted molar refractivity (Wildman–Crippen MR) is 140 cm³/mol. The lowest BCUT2D eigenvalue weighted by Gasteiger charge is -2.27. The van der Waals surface area contributed by atoms with Crippen LogP contribution in [0.5, 0.6) is 0 Å². The van der Waals surface area contributed by atoms with Crippen LogP contribution in [0.15, 0.2) is 18.2 Å². The first-order chi connectivity index (χ1) is 17.4. The number of hydrogen-bond donors (Lipinski definition) is 3. The zero-order valence-electron chi connectivity index (χ0n) is 21.6. The van der Waals surface area contributed by atoms with Crippen molar-refractivity contribution in [2.24, 2.45) is 11.8 Å². The standard InChI is InChI=1S/C28H42N4O4/c1-31(15-11-21-9-13-29-14-10-21)27(35)22-7-8-23-19-32(16-12-20-5-3-2-4-6-20)28(36)25(18-26(33)34)30-24(23)17-22/h7-8,17,20-21,25,29-30H,2-6,9-16,18-19H2,1H3,(H,33,34)/t25-/m1/s1. The molecule has 8 nitrogen and oxygen atoms in total. The van der Waals surface area contributed by atoms with Crippen molar-refractivity contribution >= 4 is 23.5 Å². The minimum absolute atomic E-state index is 0.0481. The number of carboxylic acid groups (broad SMARTS) is 1. The first-order valence-corrected chi connectivity index (χ1v) is 13.8. The second-order valence-corrected chi connectivity index (χ2v) is 10.9. The summed E-state index contributed by atoms with van der Waals surface area (Å²) in [4.78, 5) is 41.6. The Morgan fingerprint density at radius 1 is 1.06 bits per heavy atom. The van der Waals surface area contributed by atoms with Gasteiger partial charge in [0, 0.05) is 37.9 Å². The minimum Gasteiger partial charge on any atom is -0.481 e. The lowest BCUT2D eigenvalue weighted by atomic mass is 9.87. The van der Waals surface area contributed by atoms with Crippen LogP contribution in [-0.2, 0) is 16.1 Å². The van der Waals surface area contributed by atoms with E-state index in [-0.39, 0.29) is 18.2 Å². The first kappa shape index (κ1) is 26.5. The fourth-order valence-electron chi connectivity index (χ4n) is 5.92. The van der Waals surface area contributed by atoms with Crippen LogP contribution in [0.4, 0.5) is 5.69 Å². The summed E-state index contributed by atoms with van der Waals surface area (Å²) >= 11 is 0. The van der Waals surface area contributed by atoms with Crippen LogP contribution in [-0.4, -0.2) is 72.0 Å². The number of nitrogens with zero attached hydrogens (tertiary/aromatic N) is 2. The Bertz CT molecular complexity index is 924. The molecule has 1 aliphatic carbocycles. The summed E-state index contributed by atoms with van der Waals surface area (Å²) in [6.07, 6.45) is 10.2. The SMILES string of the molecule is CN(CCC1CCNCC1)C(=O)c1ccc2c(c1)N[C@H](CC(=O)O)C(=O)N(CCC1CCCCC1)C2. The van der Waals surface area contributed by atoms with Crippen LogP contribution in [0.1, 0.15) is 80.1 Å². The summed E-state index contributed by atoms with van der Waals surface area (Å²) in [5.41, 5.74) is 2.17. The predicted octanol–water partition coefficient (Wildman–Crippen LogP) is 3.72. The number of carbonyl (C=O) groups is 3. The van der Waals surface area contributed by atoms with Gasteiger partial charge >= 0.3 is 5.97 Å². The molecule has 4 rings (SSSR count). The summed E-state index contributed by atoms with van der Waals surface area (Å²) in [5, 5.41) is 16.0. The van der Waals surface area contributed by atoms with E-state index < -0.39 is 12.0 Å². The van der Waals surface area contributed by atoms with E-state index in [1.165, 1.54) is 32.1 Å². The van der Waals surface area contributed by atoms with Gasteiger partial charge in [-0.2, -0.15) is 0 Å². The van der Waals surface area contributed by atoms with Gasteiger partial charge in [0.25, 0.3) is 5.91 Å². The zero-order chi connectivity index (χ0) is 25.5. The molecule has 2 aliphatic heterocycles. The molecule has 2 heterocycles. The van der Waals surface area contributed by atoms with Crippen molar-refractivity contribution in [3.8, 4) is 0 Å². The summed E-state index contributed by atoms with van der Waals surface area (Å²) in [6, 6.07) is 4.72. The smallest absolute Gasteiger partial charge is 0.305 e. The molecule has 3 aliphatic rings. The third-order valence-corrected chi connectivity index (χ3v) is 8.25. The lowest BCUT2D eigenvalue weighted by Crippen LogP contribution is -2.42. The number of rotatable bonds is 9. The summed E-state index contributed by atoms with van der Waals surface area (Å²) in [7, 11) is 1.84. The van der Waals surface area contributed by atoms with Gasteiger partial charge in [-0.15, -0.1) is 0 Å². The number of nitrogens with one attached hydrogen (secondary N) is 2. The number of piperidine rings is 1.